The number of halogens is 1. The van der Waals surface area contributed by atoms with Crippen LogP contribution in [-0.4, -0.2) is 12.3 Å². The Labute approximate surface area is 73.9 Å². The van der Waals surface area contributed by atoms with Gasteiger partial charge in [0.2, 0.25) is 0 Å². The molecular formula is C8H6ClNO2. The number of benzene rings is 1. The van der Waals surface area contributed by atoms with Gasteiger partial charge in [0.1, 0.15) is 11.1 Å². The van der Waals surface area contributed by atoms with Crippen LogP contribution >= 0.6 is 11.6 Å². The summed E-state index contributed by atoms with van der Waals surface area (Å²) in [7, 11) is 1.58. The molecule has 0 amide bonds. The summed E-state index contributed by atoms with van der Waals surface area (Å²) in [6, 6.07) is 5.42. The summed E-state index contributed by atoms with van der Waals surface area (Å²) in [5, 5.41) is 4.67. The van der Waals surface area contributed by atoms with E-state index < -0.39 is 0 Å². The fourth-order valence-corrected chi connectivity index (χ4v) is 1.32. The van der Waals surface area contributed by atoms with Gasteiger partial charge in [0, 0.05) is 0 Å². The minimum Gasteiger partial charge on any atom is -0.496 e. The van der Waals surface area contributed by atoms with Gasteiger partial charge in [-0.2, -0.15) is 0 Å². The van der Waals surface area contributed by atoms with Gasteiger partial charge in [0.25, 0.3) is 0 Å². The molecule has 0 atom stereocenters. The van der Waals surface area contributed by atoms with E-state index in [2.05, 4.69) is 5.16 Å². The van der Waals surface area contributed by atoms with E-state index in [0.717, 1.165) is 5.39 Å². The normalized spacial score (nSPS) is 10.5. The van der Waals surface area contributed by atoms with Crippen LogP contribution in [0.15, 0.2) is 22.7 Å². The number of rotatable bonds is 1. The maximum atomic E-state index is 5.77. The van der Waals surface area contributed by atoms with Crippen molar-refractivity contribution in [2.45, 2.75) is 0 Å². The minimum absolute atomic E-state index is 0.336. The second-order valence-corrected chi connectivity index (χ2v) is 2.66. The number of ether oxygens (including phenoxy) is 1. The van der Waals surface area contributed by atoms with Crippen LogP contribution in [0.4, 0.5) is 0 Å². The average molecular weight is 184 g/mol. The van der Waals surface area contributed by atoms with Gasteiger partial charge in [0.05, 0.1) is 7.11 Å². The summed E-state index contributed by atoms with van der Waals surface area (Å²) < 4.78 is 10.0. The third-order valence-electron chi connectivity index (χ3n) is 1.64. The van der Waals surface area contributed by atoms with Crippen molar-refractivity contribution in [3.8, 4) is 5.75 Å². The Morgan fingerprint density at radius 2 is 2.33 bits per heavy atom. The van der Waals surface area contributed by atoms with Crippen molar-refractivity contribution in [3.63, 3.8) is 0 Å². The molecule has 1 aromatic heterocycles. The molecule has 0 N–H and O–H groups in total. The highest BCUT2D eigenvalue weighted by Crippen LogP contribution is 2.31. The lowest BCUT2D eigenvalue weighted by molar-refractivity contribution is 0.419. The van der Waals surface area contributed by atoms with Crippen molar-refractivity contribution >= 4 is 22.6 Å². The van der Waals surface area contributed by atoms with Crippen molar-refractivity contribution in [1.82, 2.24) is 5.16 Å². The van der Waals surface area contributed by atoms with Crippen molar-refractivity contribution in [3.05, 3.63) is 23.4 Å². The van der Waals surface area contributed by atoms with Gasteiger partial charge >= 0.3 is 0 Å². The molecule has 0 radical (unpaired) electrons. The van der Waals surface area contributed by atoms with Gasteiger partial charge in [-0.15, -0.1) is 0 Å². The fourth-order valence-electron chi connectivity index (χ4n) is 1.10. The van der Waals surface area contributed by atoms with Gasteiger partial charge in [-0.05, 0) is 12.1 Å². The van der Waals surface area contributed by atoms with Crippen LogP contribution in [0.2, 0.25) is 5.15 Å². The van der Waals surface area contributed by atoms with Crippen LogP contribution in [0.3, 0.4) is 0 Å². The van der Waals surface area contributed by atoms with Crippen LogP contribution in [0, 0.1) is 0 Å². The molecule has 1 heterocycles. The molecule has 3 nitrogen and oxygen atoms in total. The summed E-state index contributed by atoms with van der Waals surface area (Å²) in [4.78, 5) is 0. The second kappa shape index (κ2) is 2.68. The maximum absolute atomic E-state index is 5.77. The number of nitrogens with zero attached hydrogens (tertiary/aromatic N) is 1. The van der Waals surface area contributed by atoms with E-state index in [1.54, 1.807) is 13.2 Å². The van der Waals surface area contributed by atoms with Crippen molar-refractivity contribution in [2.24, 2.45) is 0 Å². The molecule has 0 aliphatic heterocycles. The Kier molecular flexibility index (Phi) is 1.66. The number of aromatic nitrogens is 1. The van der Waals surface area contributed by atoms with E-state index >= 15 is 0 Å². The largest absolute Gasteiger partial charge is 0.496 e. The van der Waals surface area contributed by atoms with Gasteiger partial charge in [-0.25, -0.2) is 0 Å². The molecule has 12 heavy (non-hydrogen) atoms. The van der Waals surface area contributed by atoms with Gasteiger partial charge in [-0.3, -0.25) is 0 Å². The number of hydrogen-bond donors (Lipinski definition) is 0. The highest BCUT2D eigenvalue weighted by Gasteiger charge is 2.09. The predicted octanol–water partition coefficient (Wildman–Crippen LogP) is 2.49. The number of hydrogen-bond acceptors (Lipinski definition) is 3. The van der Waals surface area contributed by atoms with E-state index in [4.69, 9.17) is 20.9 Å². The summed E-state index contributed by atoms with van der Waals surface area (Å²) in [5.41, 5.74) is 0.638. The summed E-state index contributed by atoms with van der Waals surface area (Å²) in [6.07, 6.45) is 0. The third-order valence-corrected chi connectivity index (χ3v) is 1.90. The molecule has 0 aliphatic carbocycles. The van der Waals surface area contributed by atoms with E-state index in [9.17, 15) is 0 Å². The third kappa shape index (κ3) is 0.940. The zero-order chi connectivity index (χ0) is 8.55. The topological polar surface area (TPSA) is 35.3 Å². The quantitative estimate of drug-likeness (QED) is 0.682. The molecule has 0 bridgehead atoms. The molecule has 0 aliphatic rings. The minimum atomic E-state index is 0.336. The zero-order valence-electron chi connectivity index (χ0n) is 6.37. The lowest BCUT2D eigenvalue weighted by Gasteiger charge is -1.98. The van der Waals surface area contributed by atoms with Crippen LogP contribution in [0.5, 0.6) is 5.75 Å². The highest BCUT2D eigenvalue weighted by molar-refractivity contribution is 6.34. The first-order chi connectivity index (χ1) is 5.83. The van der Waals surface area contributed by atoms with Crippen molar-refractivity contribution in [1.29, 1.82) is 0 Å². The lowest BCUT2D eigenvalue weighted by atomic mass is 10.2. The van der Waals surface area contributed by atoms with Gasteiger partial charge < -0.3 is 9.26 Å². The summed E-state index contributed by atoms with van der Waals surface area (Å²) in [6.45, 7) is 0. The molecule has 0 spiro atoms. The van der Waals surface area contributed by atoms with Crippen LogP contribution in [0.1, 0.15) is 0 Å². The van der Waals surface area contributed by atoms with E-state index in [-0.39, 0.29) is 0 Å². The lowest BCUT2D eigenvalue weighted by Crippen LogP contribution is -1.82. The molecule has 0 unspecified atom stereocenters. The molecule has 0 saturated carbocycles. The van der Waals surface area contributed by atoms with Gasteiger partial charge in [0.15, 0.2) is 10.7 Å². The van der Waals surface area contributed by atoms with E-state index in [0.29, 0.717) is 16.5 Å². The first kappa shape index (κ1) is 7.43. The average Bonchev–Trinajstić information content (AvgIpc) is 2.48. The summed E-state index contributed by atoms with van der Waals surface area (Å²) in [5.74, 6) is 0.679. The van der Waals surface area contributed by atoms with Crippen LogP contribution < -0.4 is 4.74 Å². The Morgan fingerprint density at radius 3 is 3.08 bits per heavy atom. The van der Waals surface area contributed by atoms with Crippen molar-refractivity contribution < 1.29 is 9.26 Å². The Bertz CT molecular complexity index is 410. The Hall–Kier alpha value is -1.22. The maximum Gasteiger partial charge on any atom is 0.183 e. The molecule has 0 fully saturated rings. The molecule has 62 valence electrons. The highest BCUT2D eigenvalue weighted by atomic mass is 35.5. The Morgan fingerprint density at radius 1 is 1.50 bits per heavy atom. The van der Waals surface area contributed by atoms with Crippen LogP contribution in [0.25, 0.3) is 11.0 Å². The number of fused-ring (bicyclic) bond motifs is 1. The SMILES string of the molecule is COc1cccc2onc(Cl)c12. The first-order valence-electron chi connectivity index (χ1n) is 3.41. The molecule has 0 saturated heterocycles. The standard InChI is InChI=1S/C8H6ClNO2/c1-11-5-3-2-4-6-7(5)8(9)10-12-6/h2-4H,1H3. The van der Waals surface area contributed by atoms with Crippen LogP contribution in [-0.2, 0) is 0 Å². The molecule has 1 aromatic carbocycles. The molecule has 2 aromatic rings. The number of methoxy groups -OCH3 is 1. The van der Waals surface area contributed by atoms with Gasteiger partial charge in [-0.1, -0.05) is 22.8 Å². The zero-order valence-corrected chi connectivity index (χ0v) is 7.13. The van der Waals surface area contributed by atoms with E-state index in [1.807, 2.05) is 12.1 Å². The first-order valence-corrected chi connectivity index (χ1v) is 3.78. The predicted molar refractivity (Wildman–Crippen MR) is 45.6 cm³/mol. The monoisotopic (exact) mass is 183 g/mol. The summed E-state index contributed by atoms with van der Waals surface area (Å²) >= 11 is 5.77. The molecular weight excluding hydrogens is 178 g/mol. The second-order valence-electron chi connectivity index (χ2n) is 2.31. The van der Waals surface area contributed by atoms with Crippen molar-refractivity contribution in [2.75, 3.05) is 7.11 Å². The Balaban J connectivity index is 2.84. The molecule has 4 heteroatoms. The molecule has 2 rings (SSSR count). The smallest absolute Gasteiger partial charge is 0.183 e. The fraction of sp³-hybridized carbons (Fsp3) is 0.125. The van der Waals surface area contributed by atoms with E-state index in [1.165, 1.54) is 0 Å².